The molecule has 1 aromatic heterocycles. The predicted molar refractivity (Wildman–Crippen MR) is 120 cm³/mol. The second kappa shape index (κ2) is 8.44. The van der Waals surface area contributed by atoms with Crippen LogP contribution in [-0.4, -0.2) is 31.7 Å². The zero-order chi connectivity index (χ0) is 21.1. The molecule has 0 amide bonds. The lowest BCUT2D eigenvalue weighted by molar-refractivity contribution is 0.436. The smallest absolute Gasteiger partial charge is 0.261 e. The molecule has 30 heavy (non-hydrogen) atoms. The maximum Gasteiger partial charge on any atom is 0.261 e. The van der Waals surface area contributed by atoms with Crippen LogP contribution in [0.15, 0.2) is 65.6 Å². The van der Waals surface area contributed by atoms with Gasteiger partial charge in [0.25, 0.3) is 10.0 Å². The minimum Gasteiger partial charge on any atom is -0.355 e. The highest BCUT2D eigenvalue weighted by Crippen LogP contribution is 2.24. The Kier molecular flexibility index (Phi) is 5.72. The molecule has 6 nitrogen and oxygen atoms in total. The molecule has 2 heterocycles. The maximum atomic E-state index is 12.6. The summed E-state index contributed by atoms with van der Waals surface area (Å²) in [6, 6.07) is 18.0. The first-order valence-corrected chi connectivity index (χ1v) is 11.7. The number of anilines is 2. The number of rotatable bonds is 5. The molecule has 0 radical (unpaired) electrons. The molecule has 1 aliphatic heterocycles. The van der Waals surface area contributed by atoms with Crippen molar-refractivity contribution in [2.24, 2.45) is 5.92 Å². The van der Waals surface area contributed by atoms with E-state index in [-0.39, 0.29) is 4.90 Å². The van der Waals surface area contributed by atoms with Crippen molar-refractivity contribution in [2.75, 3.05) is 22.7 Å². The summed E-state index contributed by atoms with van der Waals surface area (Å²) < 4.78 is 27.8. The highest BCUT2D eigenvalue weighted by molar-refractivity contribution is 7.92. The van der Waals surface area contributed by atoms with Crippen molar-refractivity contribution in [3.05, 3.63) is 66.2 Å². The van der Waals surface area contributed by atoms with E-state index in [0.29, 0.717) is 5.69 Å². The highest BCUT2D eigenvalue weighted by Gasteiger charge is 2.17. The van der Waals surface area contributed by atoms with Gasteiger partial charge in [-0.1, -0.05) is 31.2 Å². The van der Waals surface area contributed by atoms with Crippen molar-refractivity contribution in [2.45, 2.75) is 31.6 Å². The third kappa shape index (κ3) is 4.62. The predicted octanol–water partition coefficient (Wildman–Crippen LogP) is 4.49. The summed E-state index contributed by atoms with van der Waals surface area (Å²) in [4.78, 5) is 2.53. The molecule has 1 N–H and O–H groups in total. The van der Waals surface area contributed by atoms with Gasteiger partial charge >= 0.3 is 0 Å². The minimum absolute atomic E-state index is 0.250. The number of aromatic nitrogens is 2. The summed E-state index contributed by atoms with van der Waals surface area (Å²) in [6.45, 7) is 6.19. The lowest BCUT2D eigenvalue weighted by atomic mass is 9.99. The second-order valence-corrected chi connectivity index (χ2v) is 9.63. The van der Waals surface area contributed by atoms with Crippen molar-refractivity contribution < 1.29 is 8.42 Å². The molecule has 0 spiro atoms. The number of aryl methyl sites for hydroxylation is 1. The van der Waals surface area contributed by atoms with Crippen LogP contribution in [0.5, 0.6) is 0 Å². The summed E-state index contributed by atoms with van der Waals surface area (Å²) in [5.74, 6) is 1.68. The van der Waals surface area contributed by atoms with E-state index < -0.39 is 10.0 Å². The third-order valence-corrected chi connectivity index (χ3v) is 6.87. The molecule has 2 aromatic carbocycles. The molecule has 0 aliphatic carbocycles. The standard InChI is InChI=1S/C23H26N4O2S/c1-17-12-14-27(15-13-17)23-11-10-22(24-25-23)19-6-8-20(9-7-19)26-30(28,29)21-5-3-4-18(2)16-21/h3-11,16-17,26H,12-15H2,1-2H3. The molecular weight excluding hydrogens is 396 g/mol. The molecule has 156 valence electrons. The van der Waals surface area contributed by atoms with Crippen molar-refractivity contribution in [1.82, 2.24) is 10.2 Å². The lowest BCUT2D eigenvalue weighted by Crippen LogP contribution is -2.33. The van der Waals surface area contributed by atoms with E-state index in [0.717, 1.165) is 41.6 Å². The quantitative estimate of drug-likeness (QED) is 0.656. The number of hydrogen-bond donors (Lipinski definition) is 1. The minimum atomic E-state index is -3.62. The number of benzene rings is 2. The molecule has 0 saturated carbocycles. The molecule has 0 atom stereocenters. The van der Waals surface area contributed by atoms with Crippen LogP contribution in [0.3, 0.4) is 0 Å². The molecule has 3 aromatic rings. The van der Waals surface area contributed by atoms with Crippen molar-refractivity contribution in [3.63, 3.8) is 0 Å². The highest BCUT2D eigenvalue weighted by atomic mass is 32.2. The average Bonchev–Trinajstić information content (AvgIpc) is 2.75. The van der Waals surface area contributed by atoms with E-state index in [1.165, 1.54) is 12.8 Å². The molecule has 0 unspecified atom stereocenters. The zero-order valence-corrected chi connectivity index (χ0v) is 18.1. The Morgan fingerprint density at radius 2 is 1.70 bits per heavy atom. The Labute approximate surface area is 178 Å². The first-order valence-electron chi connectivity index (χ1n) is 10.2. The fourth-order valence-corrected chi connectivity index (χ4v) is 4.75. The van der Waals surface area contributed by atoms with Gasteiger partial charge in [-0.25, -0.2) is 8.42 Å². The molecule has 7 heteroatoms. The Morgan fingerprint density at radius 1 is 0.967 bits per heavy atom. The van der Waals surface area contributed by atoms with Gasteiger partial charge in [0.1, 0.15) is 0 Å². The van der Waals surface area contributed by atoms with Crippen molar-refractivity contribution in [3.8, 4) is 11.3 Å². The number of nitrogens with one attached hydrogen (secondary N) is 1. The maximum absolute atomic E-state index is 12.6. The van der Waals surface area contributed by atoms with Crippen LogP contribution in [0.4, 0.5) is 11.5 Å². The van der Waals surface area contributed by atoms with Gasteiger partial charge in [-0.3, -0.25) is 4.72 Å². The Morgan fingerprint density at radius 3 is 2.33 bits per heavy atom. The van der Waals surface area contributed by atoms with E-state index in [2.05, 4.69) is 26.7 Å². The summed E-state index contributed by atoms with van der Waals surface area (Å²) in [6.07, 6.45) is 2.37. The van der Waals surface area contributed by atoms with Gasteiger partial charge in [0.15, 0.2) is 5.82 Å². The van der Waals surface area contributed by atoms with Crippen LogP contribution < -0.4 is 9.62 Å². The van der Waals surface area contributed by atoms with E-state index in [9.17, 15) is 8.42 Å². The van der Waals surface area contributed by atoms with E-state index >= 15 is 0 Å². The SMILES string of the molecule is Cc1cccc(S(=O)(=O)Nc2ccc(-c3ccc(N4CCC(C)CC4)nn3)cc2)c1. The van der Waals surface area contributed by atoms with Gasteiger partial charge in [0.05, 0.1) is 10.6 Å². The van der Waals surface area contributed by atoms with Crippen LogP contribution in [0.2, 0.25) is 0 Å². The Bertz CT molecular complexity index is 1100. The van der Waals surface area contributed by atoms with Crippen LogP contribution >= 0.6 is 0 Å². The Hall–Kier alpha value is -2.93. The van der Waals surface area contributed by atoms with Crippen LogP contribution in [-0.2, 0) is 10.0 Å². The topological polar surface area (TPSA) is 75.2 Å². The average molecular weight is 423 g/mol. The number of nitrogens with zero attached hydrogens (tertiary/aromatic N) is 3. The van der Waals surface area contributed by atoms with Gasteiger partial charge in [-0.2, -0.15) is 0 Å². The zero-order valence-electron chi connectivity index (χ0n) is 17.2. The van der Waals surface area contributed by atoms with E-state index in [4.69, 9.17) is 0 Å². The summed E-state index contributed by atoms with van der Waals surface area (Å²) in [5, 5.41) is 8.77. The third-order valence-electron chi connectivity index (χ3n) is 5.49. The van der Waals surface area contributed by atoms with Gasteiger partial charge in [0, 0.05) is 24.3 Å². The first-order chi connectivity index (χ1) is 14.4. The molecule has 1 aliphatic rings. The number of hydrogen-bond acceptors (Lipinski definition) is 5. The van der Waals surface area contributed by atoms with E-state index in [1.54, 1.807) is 30.3 Å². The van der Waals surface area contributed by atoms with Gasteiger partial charge in [-0.15, -0.1) is 10.2 Å². The largest absolute Gasteiger partial charge is 0.355 e. The van der Waals surface area contributed by atoms with Crippen LogP contribution in [0.25, 0.3) is 11.3 Å². The van der Waals surface area contributed by atoms with Crippen LogP contribution in [0.1, 0.15) is 25.3 Å². The van der Waals surface area contributed by atoms with Gasteiger partial charge in [0.2, 0.25) is 0 Å². The molecule has 1 fully saturated rings. The number of piperidine rings is 1. The monoisotopic (exact) mass is 422 g/mol. The molecule has 0 bridgehead atoms. The first kappa shape index (κ1) is 20.3. The normalized spacial score (nSPS) is 15.2. The van der Waals surface area contributed by atoms with E-state index in [1.807, 2.05) is 37.3 Å². The summed E-state index contributed by atoms with van der Waals surface area (Å²) in [5.41, 5.74) is 3.05. The fraction of sp³-hybridized carbons (Fsp3) is 0.304. The molecular formula is C23H26N4O2S. The summed E-state index contributed by atoms with van der Waals surface area (Å²) >= 11 is 0. The van der Waals surface area contributed by atoms with Crippen molar-refractivity contribution in [1.29, 1.82) is 0 Å². The lowest BCUT2D eigenvalue weighted by Gasteiger charge is -2.30. The Balaban J connectivity index is 1.46. The fourth-order valence-electron chi connectivity index (χ4n) is 3.59. The van der Waals surface area contributed by atoms with Crippen molar-refractivity contribution >= 4 is 21.5 Å². The van der Waals surface area contributed by atoms with Crippen LogP contribution in [0, 0.1) is 12.8 Å². The second-order valence-electron chi connectivity index (χ2n) is 7.95. The van der Waals surface area contributed by atoms with Gasteiger partial charge in [-0.05, 0) is 67.6 Å². The number of sulfonamides is 1. The summed E-state index contributed by atoms with van der Waals surface area (Å²) in [7, 11) is -3.62. The molecule has 1 saturated heterocycles. The molecule has 4 rings (SSSR count). The van der Waals surface area contributed by atoms with Gasteiger partial charge < -0.3 is 4.90 Å².